The number of carbonyl (C=O) groups is 2. The number of methoxy groups -OCH3 is 1. The fraction of sp³-hybridized carbons (Fsp3) is 0.276. The van der Waals surface area contributed by atoms with Crippen molar-refractivity contribution < 1.29 is 19.2 Å². The first-order valence-corrected chi connectivity index (χ1v) is 11.7. The molecule has 4 aromatic rings. The van der Waals surface area contributed by atoms with Crippen LogP contribution in [0.25, 0.3) is 21.8 Å². The summed E-state index contributed by atoms with van der Waals surface area (Å²) in [4.78, 5) is 29.7. The second kappa shape index (κ2) is 9.37. The molecule has 0 saturated heterocycles. The Bertz CT molecular complexity index is 1500. The van der Waals surface area contributed by atoms with Gasteiger partial charge in [-0.05, 0) is 76.1 Å². The molecular weight excluding hydrogens is 440 g/mol. The SMILES string of the molecule is CCn1c2ccc(C(=O)c3c(C)cc(C)cc3C)cc2c2c(OC)c(/C(C)=N/OC(C)=O)ccc21. The number of hydrogen-bond acceptors (Lipinski definition) is 5. The lowest BCUT2D eigenvalue weighted by Gasteiger charge is -2.11. The number of ether oxygens (including phenoxy) is 1. The fourth-order valence-electron chi connectivity index (χ4n) is 5.00. The van der Waals surface area contributed by atoms with E-state index in [2.05, 4.69) is 16.6 Å². The molecule has 180 valence electrons. The molecule has 6 heteroatoms. The minimum atomic E-state index is -0.489. The molecule has 0 fully saturated rings. The molecule has 1 heterocycles. The highest BCUT2D eigenvalue weighted by atomic mass is 16.7. The fourth-order valence-corrected chi connectivity index (χ4v) is 5.00. The number of hydrogen-bond donors (Lipinski definition) is 0. The van der Waals surface area contributed by atoms with Crippen molar-refractivity contribution in [3.8, 4) is 5.75 Å². The van der Waals surface area contributed by atoms with Crippen LogP contribution < -0.4 is 4.74 Å². The molecule has 0 radical (unpaired) electrons. The first-order chi connectivity index (χ1) is 16.7. The average Bonchev–Trinajstić information content (AvgIpc) is 3.14. The molecule has 0 bridgehead atoms. The van der Waals surface area contributed by atoms with Crippen LogP contribution in [0, 0.1) is 20.8 Å². The number of ketones is 1. The Morgan fingerprint density at radius 2 is 1.60 bits per heavy atom. The van der Waals surface area contributed by atoms with E-state index in [1.807, 2.05) is 63.2 Å². The van der Waals surface area contributed by atoms with E-state index >= 15 is 0 Å². The number of nitrogens with zero attached hydrogens (tertiary/aromatic N) is 2. The summed E-state index contributed by atoms with van der Waals surface area (Å²) >= 11 is 0. The molecule has 0 aliphatic rings. The quantitative estimate of drug-likeness (QED) is 0.144. The van der Waals surface area contributed by atoms with Gasteiger partial charge in [0.2, 0.25) is 0 Å². The van der Waals surface area contributed by atoms with Gasteiger partial charge < -0.3 is 14.1 Å². The Morgan fingerprint density at radius 1 is 0.943 bits per heavy atom. The number of benzene rings is 3. The number of oxime groups is 1. The first kappa shape index (κ1) is 24.2. The lowest BCUT2D eigenvalue weighted by molar-refractivity contribution is -0.140. The maximum Gasteiger partial charge on any atom is 0.331 e. The summed E-state index contributed by atoms with van der Waals surface area (Å²) in [6.07, 6.45) is 0. The van der Waals surface area contributed by atoms with Gasteiger partial charge in [-0.25, -0.2) is 4.79 Å². The molecule has 0 spiro atoms. The van der Waals surface area contributed by atoms with Gasteiger partial charge in [-0.15, -0.1) is 0 Å². The highest BCUT2D eigenvalue weighted by molar-refractivity contribution is 6.19. The largest absolute Gasteiger partial charge is 0.495 e. The highest BCUT2D eigenvalue weighted by Crippen LogP contribution is 2.39. The van der Waals surface area contributed by atoms with Gasteiger partial charge >= 0.3 is 5.97 Å². The zero-order chi connectivity index (χ0) is 25.4. The lowest BCUT2D eigenvalue weighted by Crippen LogP contribution is -2.07. The van der Waals surface area contributed by atoms with Gasteiger partial charge in [0.05, 0.1) is 23.7 Å². The third-order valence-electron chi connectivity index (χ3n) is 6.37. The van der Waals surface area contributed by atoms with E-state index in [-0.39, 0.29) is 5.78 Å². The normalized spacial score (nSPS) is 11.8. The van der Waals surface area contributed by atoms with Crippen LogP contribution in [-0.2, 0) is 16.2 Å². The van der Waals surface area contributed by atoms with E-state index in [4.69, 9.17) is 9.57 Å². The highest BCUT2D eigenvalue weighted by Gasteiger charge is 2.21. The molecule has 3 aromatic carbocycles. The van der Waals surface area contributed by atoms with Crippen molar-refractivity contribution in [1.82, 2.24) is 4.57 Å². The maximum absolute atomic E-state index is 13.6. The topological polar surface area (TPSA) is 69.9 Å². The summed E-state index contributed by atoms with van der Waals surface area (Å²) in [5.74, 6) is 0.138. The molecule has 35 heavy (non-hydrogen) atoms. The monoisotopic (exact) mass is 470 g/mol. The number of aryl methyl sites for hydroxylation is 4. The molecule has 0 aliphatic heterocycles. The number of fused-ring (bicyclic) bond motifs is 3. The molecule has 0 atom stereocenters. The van der Waals surface area contributed by atoms with Gasteiger partial charge in [-0.3, -0.25) is 4.79 Å². The molecule has 1 aromatic heterocycles. The molecule has 0 aliphatic carbocycles. The van der Waals surface area contributed by atoms with Gasteiger partial charge in [-0.2, -0.15) is 0 Å². The summed E-state index contributed by atoms with van der Waals surface area (Å²) in [6.45, 7) is 11.9. The number of aromatic nitrogens is 1. The second-order valence-electron chi connectivity index (χ2n) is 8.88. The van der Waals surface area contributed by atoms with Crippen LogP contribution in [0.4, 0.5) is 0 Å². The van der Waals surface area contributed by atoms with E-state index < -0.39 is 5.97 Å². The average molecular weight is 471 g/mol. The van der Waals surface area contributed by atoms with Gasteiger partial charge in [0.1, 0.15) is 5.75 Å². The van der Waals surface area contributed by atoms with E-state index in [9.17, 15) is 9.59 Å². The van der Waals surface area contributed by atoms with Gasteiger partial charge in [0, 0.05) is 41.1 Å². The van der Waals surface area contributed by atoms with Gasteiger partial charge in [0.15, 0.2) is 5.78 Å². The lowest BCUT2D eigenvalue weighted by atomic mass is 9.92. The van der Waals surface area contributed by atoms with E-state index in [0.29, 0.717) is 17.0 Å². The summed E-state index contributed by atoms with van der Waals surface area (Å²) in [5.41, 5.74) is 7.71. The van der Waals surface area contributed by atoms with Crippen LogP contribution in [0.5, 0.6) is 5.75 Å². The third kappa shape index (κ3) is 4.20. The van der Waals surface area contributed by atoms with Gasteiger partial charge in [-0.1, -0.05) is 22.9 Å². The van der Waals surface area contributed by atoms with Crippen molar-refractivity contribution in [2.75, 3.05) is 7.11 Å². The van der Waals surface area contributed by atoms with Crippen LogP contribution in [0.15, 0.2) is 47.6 Å². The molecule has 0 saturated carbocycles. The minimum absolute atomic E-state index is 0.00187. The molecule has 6 nitrogen and oxygen atoms in total. The van der Waals surface area contributed by atoms with Crippen LogP contribution in [0.3, 0.4) is 0 Å². The molecule has 0 amide bonds. The van der Waals surface area contributed by atoms with E-state index in [1.165, 1.54) is 6.92 Å². The molecular formula is C29H30N2O4. The van der Waals surface area contributed by atoms with Gasteiger partial charge in [0.25, 0.3) is 0 Å². The van der Waals surface area contributed by atoms with Crippen LogP contribution in [0.1, 0.15) is 58.9 Å². The number of rotatable bonds is 6. The maximum atomic E-state index is 13.6. The van der Waals surface area contributed by atoms with Crippen LogP contribution in [0.2, 0.25) is 0 Å². The van der Waals surface area contributed by atoms with Crippen LogP contribution >= 0.6 is 0 Å². The zero-order valence-electron chi connectivity index (χ0n) is 21.3. The summed E-state index contributed by atoms with van der Waals surface area (Å²) < 4.78 is 8.07. The second-order valence-corrected chi connectivity index (χ2v) is 8.88. The van der Waals surface area contributed by atoms with E-state index in [0.717, 1.165) is 56.2 Å². The molecule has 4 rings (SSSR count). The Balaban J connectivity index is 1.98. The van der Waals surface area contributed by atoms with Crippen molar-refractivity contribution in [3.05, 3.63) is 75.8 Å². The summed E-state index contributed by atoms with van der Waals surface area (Å²) in [7, 11) is 1.61. The third-order valence-corrected chi connectivity index (χ3v) is 6.37. The first-order valence-electron chi connectivity index (χ1n) is 11.7. The van der Waals surface area contributed by atoms with Crippen molar-refractivity contribution in [2.45, 2.75) is 48.1 Å². The molecule has 0 N–H and O–H groups in total. The predicted octanol–water partition coefficient (Wildman–Crippen LogP) is 6.27. The van der Waals surface area contributed by atoms with E-state index in [1.54, 1.807) is 14.0 Å². The smallest absolute Gasteiger partial charge is 0.331 e. The minimum Gasteiger partial charge on any atom is -0.495 e. The predicted molar refractivity (Wildman–Crippen MR) is 140 cm³/mol. The summed E-state index contributed by atoms with van der Waals surface area (Å²) in [5, 5.41) is 5.77. The Labute approximate surface area is 205 Å². The van der Waals surface area contributed by atoms with Crippen molar-refractivity contribution in [1.29, 1.82) is 0 Å². The van der Waals surface area contributed by atoms with Crippen LogP contribution in [-0.4, -0.2) is 29.1 Å². The Morgan fingerprint density at radius 3 is 2.20 bits per heavy atom. The molecule has 0 unspecified atom stereocenters. The zero-order valence-corrected chi connectivity index (χ0v) is 21.3. The Hall–Kier alpha value is -3.93. The van der Waals surface area contributed by atoms with Crippen molar-refractivity contribution in [3.63, 3.8) is 0 Å². The number of carbonyl (C=O) groups excluding carboxylic acids is 2. The van der Waals surface area contributed by atoms with Crippen molar-refractivity contribution >= 4 is 39.3 Å². The standard InChI is InChI=1S/C29H30N2O4/c1-8-31-24-11-9-21(28(33)26-17(3)13-16(2)14-18(26)4)15-23(24)27-25(31)12-10-22(29(27)34-7)19(5)30-35-20(6)32/h9-15H,8H2,1-7H3/b30-19+. The Kier molecular flexibility index (Phi) is 6.48. The summed E-state index contributed by atoms with van der Waals surface area (Å²) in [6, 6.07) is 13.9. The van der Waals surface area contributed by atoms with Crippen molar-refractivity contribution in [2.24, 2.45) is 5.16 Å².